The van der Waals surface area contributed by atoms with E-state index in [0.717, 1.165) is 24.0 Å². The van der Waals surface area contributed by atoms with E-state index in [2.05, 4.69) is 32.9 Å². The van der Waals surface area contributed by atoms with Crippen molar-refractivity contribution in [2.75, 3.05) is 13.7 Å². The maximum absolute atomic E-state index is 11.3. The van der Waals surface area contributed by atoms with E-state index in [9.17, 15) is 4.79 Å². The zero-order valence-electron chi connectivity index (χ0n) is 11.5. The van der Waals surface area contributed by atoms with Crippen molar-refractivity contribution in [3.8, 4) is 5.75 Å². The fourth-order valence-electron chi connectivity index (χ4n) is 1.56. The molecule has 1 atom stereocenters. The number of benzene rings is 1. The summed E-state index contributed by atoms with van der Waals surface area (Å²) < 4.78 is 11.0. The van der Waals surface area contributed by atoms with Gasteiger partial charge >= 0.3 is 5.97 Å². The summed E-state index contributed by atoms with van der Waals surface area (Å²) in [6.45, 7) is 5.61. The minimum Gasteiger partial charge on any atom is -0.478 e. The number of halogens is 1. The Kier molecular flexibility index (Phi) is 6.87. The van der Waals surface area contributed by atoms with Crippen LogP contribution in [0.5, 0.6) is 5.75 Å². The molecule has 1 unspecified atom stereocenters. The second kappa shape index (κ2) is 8.17. The lowest BCUT2D eigenvalue weighted by atomic mass is 10.2. The highest BCUT2D eigenvalue weighted by molar-refractivity contribution is 9.10. The summed E-state index contributed by atoms with van der Waals surface area (Å²) in [4.78, 5) is 11.3. The molecule has 5 heteroatoms. The summed E-state index contributed by atoms with van der Waals surface area (Å²) in [5.74, 6) is 0.248. The molecule has 0 heterocycles. The van der Waals surface area contributed by atoms with Crippen molar-refractivity contribution in [3.05, 3.63) is 28.2 Å². The van der Waals surface area contributed by atoms with Crippen LogP contribution in [0.2, 0.25) is 0 Å². The summed E-state index contributed by atoms with van der Waals surface area (Å²) in [6.07, 6.45) is 0.490. The van der Waals surface area contributed by atoms with Crippen molar-refractivity contribution in [1.82, 2.24) is 5.32 Å². The number of esters is 1. The first-order valence-electron chi connectivity index (χ1n) is 6.32. The van der Waals surface area contributed by atoms with E-state index in [1.54, 1.807) is 6.92 Å². The van der Waals surface area contributed by atoms with Crippen LogP contribution in [-0.2, 0) is 16.1 Å². The lowest BCUT2D eigenvalue weighted by Crippen LogP contribution is -2.25. The SMILES string of the molecule is CCCNCc1ccc(OC(C)C(=O)OC)c(Br)c1. The summed E-state index contributed by atoms with van der Waals surface area (Å²) in [5, 5.41) is 3.33. The molecule has 0 amide bonds. The molecule has 0 saturated carbocycles. The number of methoxy groups -OCH3 is 1. The number of carbonyl (C=O) groups is 1. The van der Waals surface area contributed by atoms with Crippen molar-refractivity contribution < 1.29 is 14.3 Å². The predicted octanol–water partition coefficient (Wildman–Crippen LogP) is 2.89. The van der Waals surface area contributed by atoms with Gasteiger partial charge in [-0.3, -0.25) is 0 Å². The molecular weight excluding hydrogens is 310 g/mol. The van der Waals surface area contributed by atoms with E-state index >= 15 is 0 Å². The molecule has 0 spiro atoms. The normalized spacial score (nSPS) is 12.0. The molecule has 0 aliphatic rings. The molecule has 1 aromatic carbocycles. The van der Waals surface area contributed by atoms with Crippen LogP contribution in [0.15, 0.2) is 22.7 Å². The first-order chi connectivity index (χ1) is 9.08. The van der Waals surface area contributed by atoms with E-state index in [1.807, 2.05) is 18.2 Å². The van der Waals surface area contributed by atoms with Crippen molar-refractivity contribution in [1.29, 1.82) is 0 Å². The van der Waals surface area contributed by atoms with Gasteiger partial charge in [0, 0.05) is 6.54 Å². The van der Waals surface area contributed by atoms with Crippen LogP contribution in [0.3, 0.4) is 0 Å². The fraction of sp³-hybridized carbons (Fsp3) is 0.500. The lowest BCUT2D eigenvalue weighted by Gasteiger charge is -2.14. The van der Waals surface area contributed by atoms with Gasteiger partial charge in [0.25, 0.3) is 0 Å². The Labute approximate surface area is 122 Å². The van der Waals surface area contributed by atoms with Gasteiger partial charge in [0.2, 0.25) is 0 Å². The van der Waals surface area contributed by atoms with Gasteiger partial charge in [-0.05, 0) is 53.5 Å². The molecule has 1 rings (SSSR count). The first kappa shape index (κ1) is 16.0. The smallest absolute Gasteiger partial charge is 0.346 e. The van der Waals surface area contributed by atoms with Crippen molar-refractivity contribution in [2.24, 2.45) is 0 Å². The Balaban J connectivity index is 2.64. The van der Waals surface area contributed by atoms with E-state index in [0.29, 0.717) is 5.75 Å². The van der Waals surface area contributed by atoms with Gasteiger partial charge in [-0.2, -0.15) is 0 Å². The molecule has 0 fully saturated rings. The maximum Gasteiger partial charge on any atom is 0.346 e. The average molecular weight is 330 g/mol. The van der Waals surface area contributed by atoms with Crippen LogP contribution in [0, 0.1) is 0 Å². The first-order valence-corrected chi connectivity index (χ1v) is 7.11. The summed E-state index contributed by atoms with van der Waals surface area (Å²) in [5.41, 5.74) is 1.17. The molecule has 0 bridgehead atoms. The molecule has 0 saturated heterocycles. The van der Waals surface area contributed by atoms with Gasteiger partial charge in [0.15, 0.2) is 6.10 Å². The Morgan fingerprint density at radius 1 is 1.47 bits per heavy atom. The molecule has 1 aromatic rings. The number of hydrogen-bond donors (Lipinski definition) is 1. The molecule has 4 nitrogen and oxygen atoms in total. The van der Waals surface area contributed by atoms with Crippen LogP contribution >= 0.6 is 15.9 Å². The molecular formula is C14H20BrNO3. The minimum absolute atomic E-state index is 0.388. The monoisotopic (exact) mass is 329 g/mol. The Morgan fingerprint density at radius 3 is 2.79 bits per heavy atom. The molecule has 0 radical (unpaired) electrons. The summed E-state index contributed by atoms with van der Waals surface area (Å²) in [7, 11) is 1.35. The van der Waals surface area contributed by atoms with Gasteiger partial charge < -0.3 is 14.8 Å². The maximum atomic E-state index is 11.3. The predicted molar refractivity (Wildman–Crippen MR) is 78.2 cm³/mol. The molecule has 0 aliphatic carbocycles. The molecule has 106 valence electrons. The second-order valence-corrected chi connectivity index (χ2v) is 5.08. The van der Waals surface area contributed by atoms with Gasteiger partial charge in [0.1, 0.15) is 5.75 Å². The molecule has 19 heavy (non-hydrogen) atoms. The highest BCUT2D eigenvalue weighted by Gasteiger charge is 2.16. The standard InChI is InChI=1S/C14H20BrNO3/c1-4-7-16-9-11-5-6-13(12(15)8-11)19-10(2)14(17)18-3/h5-6,8,10,16H,4,7,9H2,1-3H3. The third-order valence-electron chi connectivity index (χ3n) is 2.59. The van der Waals surface area contributed by atoms with Gasteiger partial charge in [-0.25, -0.2) is 4.79 Å². The molecule has 0 aromatic heterocycles. The highest BCUT2D eigenvalue weighted by Crippen LogP contribution is 2.27. The third-order valence-corrected chi connectivity index (χ3v) is 3.21. The topological polar surface area (TPSA) is 47.6 Å². The van der Waals surface area contributed by atoms with Gasteiger partial charge in [-0.1, -0.05) is 13.0 Å². The molecule has 1 N–H and O–H groups in total. The number of ether oxygens (including phenoxy) is 2. The van der Waals surface area contributed by atoms with Gasteiger partial charge in [0.05, 0.1) is 11.6 Å². The Morgan fingerprint density at radius 2 is 2.21 bits per heavy atom. The van der Waals surface area contributed by atoms with Crippen LogP contribution < -0.4 is 10.1 Å². The van der Waals surface area contributed by atoms with E-state index in [4.69, 9.17) is 4.74 Å². The Bertz CT molecular complexity index is 423. The number of hydrogen-bond acceptors (Lipinski definition) is 4. The third kappa shape index (κ3) is 5.20. The zero-order chi connectivity index (χ0) is 14.3. The van der Waals surface area contributed by atoms with Gasteiger partial charge in [-0.15, -0.1) is 0 Å². The number of nitrogens with one attached hydrogen (secondary N) is 1. The van der Waals surface area contributed by atoms with Crippen LogP contribution in [0.25, 0.3) is 0 Å². The van der Waals surface area contributed by atoms with Crippen LogP contribution in [-0.4, -0.2) is 25.7 Å². The number of carbonyl (C=O) groups excluding carboxylic acids is 1. The van der Waals surface area contributed by atoms with Crippen molar-refractivity contribution in [2.45, 2.75) is 32.9 Å². The van der Waals surface area contributed by atoms with Crippen molar-refractivity contribution >= 4 is 21.9 Å². The van der Waals surface area contributed by atoms with E-state index < -0.39 is 6.10 Å². The fourth-order valence-corrected chi connectivity index (χ4v) is 2.08. The largest absolute Gasteiger partial charge is 0.478 e. The average Bonchev–Trinajstić information content (AvgIpc) is 2.41. The van der Waals surface area contributed by atoms with Crippen molar-refractivity contribution in [3.63, 3.8) is 0 Å². The van der Waals surface area contributed by atoms with E-state index in [1.165, 1.54) is 12.7 Å². The lowest BCUT2D eigenvalue weighted by molar-refractivity contribution is -0.147. The summed E-state index contributed by atoms with van der Waals surface area (Å²) in [6, 6.07) is 5.82. The molecule has 0 aliphatic heterocycles. The highest BCUT2D eigenvalue weighted by atomic mass is 79.9. The van der Waals surface area contributed by atoms with E-state index in [-0.39, 0.29) is 5.97 Å². The zero-order valence-corrected chi connectivity index (χ0v) is 13.1. The minimum atomic E-state index is -0.620. The quantitative estimate of drug-likeness (QED) is 0.617. The van der Waals surface area contributed by atoms with Crippen LogP contribution in [0.1, 0.15) is 25.8 Å². The Hall–Kier alpha value is -1.07. The second-order valence-electron chi connectivity index (χ2n) is 4.22. The number of rotatable bonds is 7. The van der Waals surface area contributed by atoms with Crippen LogP contribution in [0.4, 0.5) is 0 Å². The summed E-state index contributed by atoms with van der Waals surface area (Å²) >= 11 is 3.45.